The molecule has 0 atom stereocenters. The number of nitrogens with zero attached hydrogens (tertiary/aromatic N) is 4. The molecule has 0 saturated carbocycles. The summed E-state index contributed by atoms with van der Waals surface area (Å²) in [5, 5.41) is 12.9. The number of amides is 1. The van der Waals surface area contributed by atoms with E-state index in [1.165, 1.54) is 35.3 Å². The number of hydrogen-bond donors (Lipinski definition) is 1. The first-order valence-corrected chi connectivity index (χ1v) is 11.6. The molecule has 0 spiro atoms. The summed E-state index contributed by atoms with van der Waals surface area (Å²) in [6, 6.07) is 22.4. The second-order valence-electron chi connectivity index (χ2n) is 7.25. The van der Waals surface area contributed by atoms with Crippen LogP contribution < -0.4 is 9.46 Å². The van der Waals surface area contributed by atoms with Crippen molar-refractivity contribution in [2.45, 2.75) is 11.5 Å². The van der Waals surface area contributed by atoms with Crippen molar-refractivity contribution in [3.05, 3.63) is 96.7 Å². The highest BCUT2D eigenvalue weighted by Gasteiger charge is 2.22. The Labute approximate surface area is 193 Å². The van der Waals surface area contributed by atoms with Crippen LogP contribution >= 0.6 is 0 Å². The SMILES string of the molecule is O=C(NS(=O)(=O)c1cccc(-n2cnnn2)c1)c1ccc(COc2ccc3ccccc3c2)o1. The lowest BCUT2D eigenvalue weighted by atomic mass is 10.1. The van der Waals surface area contributed by atoms with E-state index in [0.29, 0.717) is 17.2 Å². The van der Waals surface area contributed by atoms with Crippen LogP contribution in [0.3, 0.4) is 0 Å². The average Bonchev–Trinajstić information content (AvgIpc) is 3.55. The zero-order chi connectivity index (χ0) is 23.5. The molecule has 2 aromatic heterocycles. The van der Waals surface area contributed by atoms with Gasteiger partial charge in [0.2, 0.25) is 0 Å². The minimum absolute atomic E-state index is 0.0758. The van der Waals surface area contributed by atoms with E-state index in [0.717, 1.165) is 10.8 Å². The molecule has 0 aliphatic carbocycles. The maximum Gasteiger partial charge on any atom is 0.300 e. The molecule has 1 N–H and O–H groups in total. The van der Waals surface area contributed by atoms with Crippen molar-refractivity contribution in [2.24, 2.45) is 0 Å². The number of rotatable bonds is 7. The molecule has 2 heterocycles. The molecule has 0 fully saturated rings. The van der Waals surface area contributed by atoms with Gasteiger partial charge < -0.3 is 9.15 Å². The molecule has 34 heavy (non-hydrogen) atoms. The van der Waals surface area contributed by atoms with Crippen molar-refractivity contribution in [1.29, 1.82) is 0 Å². The smallest absolute Gasteiger partial charge is 0.300 e. The second-order valence-corrected chi connectivity index (χ2v) is 8.93. The van der Waals surface area contributed by atoms with Gasteiger partial charge in [-0.2, -0.15) is 0 Å². The zero-order valence-corrected chi connectivity index (χ0v) is 18.3. The van der Waals surface area contributed by atoms with E-state index < -0.39 is 15.9 Å². The third-order valence-corrected chi connectivity index (χ3v) is 6.28. The quantitative estimate of drug-likeness (QED) is 0.380. The van der Waals surface area contributed by atoms with Crippen LogP contribution in [0.1, 0.15) is 16.3 Å². The molecule has 3 aromatic carbocycles. The Morgan fingerprint density at radius 3 is 2.65 bits per heavy atom. The van der Waals surface area contributed by atoms with Crippen LogP contribution in [0.15, 0.2) is 94.5 Å². The highest BCUT2D eigenvalue weighted by Crippen LogP contribution is 2.22. The van der Waals surface area contributed by atoms with Crippen molar-refractivity contribution in [1.82, 2.24) is 24.9 Å². The van der Waals surface area contributed by atoms with Gasteiger partial charge >= 0.3 is 5.91 Å². The van der Waals surface area contributed by atoms with Gasteiger partial charge in [-0.05, 0) is 63.7 Å². The van der Waals surface area contributed by atoms with Gasteiger partial charge in [-0.3, -0.25) is 4.79 Å². The van der Waals surface area contributed by atoms with Crippen LogP contribution in [0.5, 0.6) is 5.75 Å². The Kier molecular flexibility index (Phi) is 5.52. The lowest BCUT2D eigenvalue weighted by Gasteiger charge is -2.07. The van der Waals surface area contributed by atoms with E-state index in [4.69, 9.17) is 9.15 Å². The summed E-state index contributed by atoms with van der Waals surface area (Å²) in [4.78, 5) is 12.4. The number of nitrogens with one attached hydrogen (secondary N) is 1. The van der Waals surface area contributed by atoms with Gasteiger partial charge in [0, 0.05) is 0 Å². The van der Waals surface area contributed by atoms with Crippen molar-refractivity contribution >= 4 is 26.7 Å². The summed E-state index contributed by atoms with van der Waals surface area (Å²) in [6.07, 6.45) is 1.33. The molecule has 0 bridgehead atoms. The van der Waals surface area contributed by atoms with Crippen LogP contribution in [0.2, 0.25) is 0 Å². The number of sulfonamides is 1. The Balaban J connectivity index is 1.25. The lowest BCUT2D eigenvalue weighted by Crippen LogP contribution is -2.30. The molecule has 11 heteroatoms. The van der Waals surface area contributed by atoms with Gasteiger partial charge in [0.05, 0.1) is 10.6 Å². The van der Waals surface area contributed by atoms with Gasteiger partial charge in [0.25, 0.3) is 10.0 Å². The van der Waals surface area contributed by atoms with Crippen molar-refractivity contribution in [3.63, 3.8) is 0 Å². The monoisotopic (exact) mass is 475 g/mol. The van der Waals surface area contributed by atoms with Crippen LogP contribution in [-0.4, -0.2) is 34.5 Å². The minimum Gasteiger partial charge on any atom is -0.486 e. The third-order valence-electron chi connectivity index (χ3n) is 4.96. The number of carbonyl (C=O) groups excluding carboxylic acids is 1. The van der Waals surface area contributed by atoms with Crippen molar-refractivity contribution in [2.75, 3.05) is 0 Å². The van der Waals surface area contributed by atoms with Gasteiger partial charge in [0.1, 0.15) is 24.4 Å². The fraction of sp³-hybridized carbons (Fsp3) is 0.0435. The Morgan fingerprint density at radius 1 is 0.971 bits per heavy atom. The van der Waals surface area contributed by atoms with Crippen molar-refractivity contribution < 1.29 is 22.4 Å². The number of ether oxygens (including phenoxy) is 1. The molecule has 5 rings (SSSR count). The topological polar surface area (TPSA) is 129 Å². The van der Waals surface area contributed by atoms with E-state index >= 15 is 0 Å². The summed E-state index contributed by atoms with van der Waals surface area (Å²) in [5.41, 5.74) is 0.423. The number of carbonyl (C=O) groups is 1. The van der Waals surface area contributed by atoms with Crippen LogP contribution in [0.25, 0.3) is 16.5 Å². The highest BCUT2D eigenvalue weighted by atomic mass is 32.2. The predicted molar refractivity (Wildman–Crippen MR) is 121 cm³/mol. The number of aromatic nitrogens is 4. The van der Waals surface area contributed by atoms with E-state index in [2.05, 4.69) is 15.5 Å². The average molecular weight is 475 g/mol. The summed E-state index contributed by atoms with van der Waals surface area (Å²) >= 11 is 0. The Bertz CT molecular complexity index is 1580. The first-order valence-electron chi connectivity index (χ1n) is 10.1. The lowest BCUT2D eigenvalue weighted by molar-refractivity contribution is 0.0950. The summed E-state index contributed by atoms with van der Waals surface area (Å²) in [6.45, 7) is 0.0758. The van der Waals surface area contributed by atoms with E-state index in [1.54, 1.807) is 12.1 Å². The molecule has 1 amide bonds. The first kappa shape index (κ1) is 21.3. The molecule has 5 aromatic rings. The molecule has 0 saturated heterocycles. The first-order chi connectivity index (χ1) is 16.5. The number of hydrogen-bond acceptors (Lipinski definition) is 8. The molecule has 10 nitrogen and oxygen atoms in total. The summed E-state index contributed by atoms with van der Waals surface area (Å²) in [7, 11) is -4.16. The summed E-state index contributed by atoms with van der Waals surface area (Å²) in [5.74, 6) is -0.0374. The molecular formula is C23H17N5O5S. The van der Waals surface area contributed by atoms with Crippen LogP contribution in [0, 0.1) is 0 Å². The number of furan rings is 1. The fourth-order valence-electron chi connectivity index (χ4n) is 3.29. The molecule has 0 unspecified atom stereocenters. The number of tetrazole rings is 1. The highest BCUT2D eigenvalue weighted by molar-refractivity contribution is 7.90. The maximum atomic E-state index is 12.7. The molecule has 0 aliphatic rings. The minimum atomic E-state index is -4.16. The van der Waals surface area contributed by atoms with E-state index in [1.807, 2.05) is 47.2 Å². The van der Waals surface area contributed by atoms with Crippen molar-refractivity contribution in [3.8, 4) is 11.4 Å². The van der Waals surface area contributed by atoms with Gasteiger partial charge in [-0.15, -0.1) is 5.10 Å². The van der Waals surface area contributed by atoms with E-state index in [9.17, 15) is 13.2 Å². The van der Waals surface area contributed by atoms with Crippen LogP contribution in [0.4, 0.5) is 0 Å². The predicted octanol–water partition coefficient (Wildman–Crippen LogP) is 3.11. The fourth-order valence-corrected chi connectivity index (χ4v) is 4.29. The Hall–Kier alpha value is -4.51. The summed E-state index contributed by atoms with van der Waals surface area (Å²) < 4.78 is 40.0. The molecule has 0 radical (unpaired) electrons. The number of benzene rings is 3. The second kappa shape index (κ2) is 8.79. The van der Waals surface area contributed by atoms with Gasteiger partial charge in [-0.1, -0.05) is 36.4 Å². The maximum absolute atomic E-state index is 12.7. The molecule has 170 valence electrons. The van der Waals surface area contributed by atoms with Crippen LogP contribution in [-0.2, 0) is 16.6 Å². The van der Waals surface area contributed by atoms with E-state index in [-0.39, 0.29) is 17.3 Å². The standard InChI is InChI=1S/C23H17N5O5S/c29-23(25-34(30,31)21-7-3-6-18(13-21)28-15-24-26-27-28)22-11-10-20(33-22)14-32-19-9-8-16-4-1-2-5-17(16)12-19/h1-13,15H,14H2,(H,25,29). The van der Waals surface area contributed by atoms with Gasteiger partial charge in [-0.25, -0.2) is 17.8 Å². The Morgan fingerprint density at radius 2 is 1.82 bits per heavy atom. The third kappa shape index (κ3) is 4.50. The molecular weight excluding hydrogens is 458 g/mol. The zero-order valence-electron chi connectivity index (χ0n) is 17.5. The molecule has 0 aliphatic heterocycles. The van der Waals surface area contributed by atoms with Gasteiger partial charge in [0.15, 0.2) is 5.76 Å². The number of fused-ring (bicyclic) bond motifs is 1. The normalized spacial score (nSPS) is 11.4. The largest absolute Gasteiger partial charge is 0.486 e.